The van der Waals surface area contributed by atoms with Crippen molar-refractivity contribution in [1.82, 2.24) is 4.90 Å². The molecule has 0 aromatic heterocycles. The lowest BCUT2D eigenvalue weighted by molar-refractivity contribution is -0.144. The Morgan fingerprint density at radius 2 is 1.89 bits per heavy atom. The molecule has 4 nitrogen and oxygen atoms in total. The standard InChI is InChI=1S/C14H19NO3S/c1-3-15(10-14(17)18)13(16)8-9-19-12-6-4-11(2)5-7-12/h4-7H,3,8-10H2,1-2H3,(H,17,18). The second kappa shape index (κ2) is 7.84. The third-order valence-corrected chi connectivity index (χ3v) is 3.68. The van der Waals surface area contributed by atoms with E-state index in [0.29, 0.717) is 18.7 Å². The summed E-state index contributed by atoms with van der Waals surface area (Å²) in [6.07, 6.45) is 0.361. The van der Waals surface area contributed by atoms with Gasteiger partial charge >= 0.3 is 5.97 Å². The number of carbonyl (C=O) groups is 2. The first-order chi connectivity index (χ1) is 9.02. The highest BCUT2D eigenvalue weighted by Gasteiger charge is 2.14. The Labute approximate surface area is 117 Å². The van der Waals surface area contributed by atoms with Crippen molar-refractivity contribution in [2.45, 2.75) is 25.2 Å². The van der Waals surface area contributed by atoms with E-state index in [9.17, 15) is 9.59 Å². The van der Waals surface area contributed by atoms with E-state index in [0.717, 1.165) is 4.90 Å². The van der Waals surface area contributed by atoms with Crippen LogP contribution < -0.4 is 0 Å². The monoisotopic (exact) mass is 281 g/mol. The van der Waals surface area contributed by atoms with Gasteiger partial charge in [-0.3, -0.25) is 9.59 Å². The Morgan fingerprint density at radius 3 is 2.42 bits per heavy atom. The van der Waals surface area contributed by atoms with E-state index in [-0.39, 0.29) is 12.5 Å². The summed E-state index contributed by atoms with van der Waals surface area (Å²) in [7, 11) is 0. The average molecular weight is 281 g/mol. The van der Waals surface area contributed by atoms with E-state index in [1.165, 1.54) is 10.5 Å². The van der Waals surface area contributed by atoms with Gasteiger partial charge in [0.2, 0.25) is 5.91 Å². The minimum atomic E-state index is -0.971. The summed E-state index contributed by atoms with van der Waals surface area (Å²) < 4.78 is 0. The van der Waals surface area contributed by atoms with E-state index in [1.54, 1.807) is 18.7 Å². The van der Waals surface area contributed by atoms with Crippen LogP contribution in [0.15, 0.2) is 29.2 Å². The first-order valence-corrected chi connectivity index (χ1v) is 7.20. The van der Waals surface area contributed by atoms with Crippen molar-refractivity contribution in [3.8, 4) is 0 Å². The van der Waals surface area contributed by atoms with Gasteiger partial charge in [0, 0.05) is 23.6 Å². The van der Waals surface area contributed by atoms with E-state index in [4.69, 9.17) is 5.11 Å². The molecule has 0 bridgehead atoms. The maximum atomic E-state index is 11.8. The Balaban J connectivity index is 2.37. The van der Waals surface area contributed by atoms with Crippen molar-refractivity contribution in [1.29, 1.82) is 0 Å². The highest BCUT2D eigenvalue weighted by molar-refractivity contribution is 7.99. The minimum Gasteiger partial charge on any atom is -0.480 e. The third kappa shape index (κ3) is 5.79. The van der Waals surface area contributed by atoms with Crippen LogP contribution in [0.4, 0.5) is 0 Å². The second-order valence-electron chi connectivity index (χ2n) is 4.21. The Hall–Kier alpha value is -1.49. The number of rotatable bonds is 7. The van der Waals surface area contributed by atoms with Crippen LogP contribution in [-0.4, -0.2) is 40.7 Å². The molecule has 19 heavy (non-hydrogen) atoms. The Morgan fingerprint density at radius 1 is 1.26 bits per heavy atom. The number of likely N-dealkylation sites (N-methyl/N-ethyl adjacent to an activating group) is 1. The van der Waals surface area contributed by atoms with Gasteiger partial charge in [-0.2, -0.15) is 0 Å². The van der Waals surface area contributed by atoms with E-state index in [2.05, 4.69) is 0 Å². The molecule has 0 aliphatic rings. The number of carboxylic acids is 1. The summed E-state index contributed by atoms with van der Waals surface area (Å²) in [4.78, 5) is 24.9. The molecule has 0 heterocycles. The number of carboxylic acid groups (broad SMARTS) is 1. The van der Waals surface area contributed by atoms with E-state index >= 15 is 0 Å². The number of aliphatic carboxylic acids is 1. The van der Waals surface area contributed by atoms with Gasteiger partial charge in [-0.25, -0.2) is 0 Å². The molecule has 0 fully saturated rings. The lowest BCUT2D eigenvalue weighted by Gasteiger charge is -2.18. The number of thioether (sulfide) groups is 1. The molecule has 0 unspecified atom stereocenters. The summed E-state index contributed by atoms with van der Waals surface area (Å²) in [6, 6.07) is 8.12. The molecule has 0 aliphatic heterocycles. The van der Waals surface area contributed by atoms with Crippen LogP contribution in [0.1, 0.15) is 18.9 Å². The molecule has 1 aromatic carbocycles. The molecule has 1 aromatic rings. The van der Waals surface area contributed by atoms with Crippen molar-refractivity contribution < 1.29 is 14.7 Å². The van der Waals surface area contributed by atoms with Crippen molar-refractivity contribution in [2.24, 2.45) is 0 Å². The predicted octanol–water partition coefficient (Wildman–Crippen LogP) is 2.41. The molecule has 1 rings (SSSR count). The molecule has 0 radical (unpaired) electrons. The molecule has 0 saturated heterocycles. The van der Waals surface area contributed by atoms with Gasteiger partial charge in [-0.05, 0) is 26.0 Å². The highest BCUT2D eigenvalue weighted by Crippen LogP contribution is 2.19. The van der Waals surface area contributed by atoms with Gasteiger partial charge in [-0.15, -0.1) is 11.8 Å². The van der Waals surface area contributed by atoms with Gasteiger partial charge in [0.25, 0.3) is 0 Å². The van der Waals surface area contributed by atoms with Crippen LogP contribution >= 0.6 is 11.8 Å². The fourth-order valence-electron chi connectivity index (χ4n) is 1.59. The molecule has 0 spiro atoms. The van der Waals surface area contributed by atoms with Crippen molar-refractivity contribution in [2.75, 3.05) is 18.8 Å². The molecular weight excluding hydrogens is 262 g/mol. The summed E-state index contributed by atoms with van der Waals surface area (Å²) in [5.74, 6) is -0.413. The molecule has 104 valence electrons. The van der Waals surface area contributed by atoms with Crippen LogP contribution in [0.25, 0.3) is 0 Å². The first kappa shape index (κ1) is 15.6. The van der Waals surface area contributed by atoms with E-state index in [1.807, 2.05) is 31.2 Å². The highest BCUT2D eigenvalue weighted by atomic mass is 32.2. The maximum absolute atomic E-state index is 11.8. The number of hydrogen-bond donors (Lipinski definition) is 1. The zero-order valence-electron chi connectivity index (χ0n) is 11.3. The van der Waals surface area contributed by atoms with Crippen LogP contribution in [0.2, 0.25) is 0 Å². The molecule has 0 aliphatic carbocycles. The van der Waals surface area contributed by atoms with Gasteiger partial charge < -0.3 is 10.0 Å². The minimum absolute atomic E-state index is 0.107. The quantitative estimate of drug-likeness (QED) is 0.780. The van der Waals surface area contributed by atoms with Crippen LogP contribution in [-0.2, 0) is 9.59 Å². The van der Waals surface area contributed by atoms with Gasteiger partial charge in [0.05, 0.1) is 0 Å². The number of nitrogens with zero attached hydrogens (tertiary/aromatic N) is 1. The topological polar surface area (TPSA) is 57.6 Å². The average Bonchev–Trinajstić information content (AvgIpc) is 2.38. The van der Waals surface area contributed by atoms with Crippen LogP contribution in [0.5, 0.6) is 0 Å². The number of carbonyl (C=O) groups excluding carboxylic acids is 1. The molecule has 1 N–H and O–H groups in total. The summed E-state index contributed by atoms with van der Waals surface area (Å²) in [6.45, 7) is 4.03. The van der Waals surface area contributed by atoms with Gasteiger partial charge in [0.15, 0.2) is 0 Å². The van der Waals surface area contributed by atoms with Crippen LogP contribution in [0.3, 0.4) is 0 Å². The zero-order chi connectivity index (χ0) is 14.3. The number of amides is 1. The SMILES string of the molecule is CCN(CC(=O)O)C(=O)CCSc1ccc(C)cc1. The second-order valence-corrected chi connectivity index (χ2v) is 5.38. The first-order valence-electron chi connectivity index (χ1n) is 6.22. The van der Waals surface area contributed by atoms with Gasteiger partial charge in [0.1, 0.15) is 6.54 Å². The lowest BCUT2D eigenvalue weighted by Crippen LogP contribution is -2.35. The molecule has 5 heteroatoms. The molecule has 0 atom stereocenters. The maximum Gasteiger partial charge on any atom is 0.323 e. The largest absolute Gasteiger partial charge is 0.480 e. The molecule has 1 amide bonds. The smallest absolute Gasteiger partial charge is 0.323 e. The molecule has 0 saturated carbocycles. The number of aryl methyl sites for hydroxylation is 1. The number of hydrogen-bond acceptors (Lipinski definition) is 3. The summed E-state index contributed by atoms with van der Waals surface area (Å²) in [5, 5.41) is 8.69. The van der Waals surface area contributed by atoms with Crippen LogP contribution in [0, 0.1) is 6.92 Å². The molecular formula is C14H19NO3S. The fraction of sp³-hybridized carbons (Fsp3) is 0.429. The van der Waals surface area contributed by atoms with Crippen molar-refractivity contribution in [3.05, 3.63) is 29.8 Å². The Kier molecular flexibility index (Phi) is 6.42. The van der Waals surface area contributed by atoms with Crippen molar-refractivity contribution in [3.63, 3.8) is 0 Å². The summed E-state index contributed by atoms with van der Waals surface area (Å²) >= 11 is 1.61. The normalized spacial score (nSPS) is 10.2. The Bertz CT molecular complexity index is 431. The number of benzene rings is 1. The zero-order valence-corrected chi connectivity index (χ0v) is 12.1. The lowest BCUT2D eigenvalue weighted by atomic mass is 10.2. The van der Waals surface area contributed by atoms with E-state index < -0.39 is 5.97 Å². The predicted molar refractivity (Wildman–Crippen MR) is 76.4 cm³/mol. The van der Waals surface area contributed by atoms with Gasteiger partial charge in [-0.1, -0.05) is 17.7 Å². The van der Waals surface area contributed by atoms with Crippen molar-refractivity contribution >= 4 is 23.6 Å². The summed E-state index contributed by atoms with van der Waals surface area (Å²) in [5.41, 5.74) is 1.21. The third-order valence-electron chi connectivity index (χ3n) is 2.67. The fourth-order valence-corrected chi connectivity index (χ4v) is 2.43.